The van der Waals surface area contributed by atoms with E-state index in [0.717, 1.165) is 24.2 Å². The van der Waals surface area contributed by atoms with Gasteiger partial charge < -0.3 is 14.8 Å². The van der Waals surface area contributed by atoms with Crippen LogP contribution in [-0.4, -0.2) is 23.7 Å². The Morgan fingerprint density at radius 3 is 2.76 bits per heavy atom. The average Bonchev–Trinajstić information content (AvgIpc) is 2.77. The molecule has 0 atom stereocenters. The fourth-order valence-electron chi connectivity index (χ4n) is 1.59. The molecule has 17 heavy (non-hydrogen) atoms. The van der Waals surface area contributed by atoms with Crippen molar-refractivity contribution in [3.05, 3.63) is 47.7 Å². The molecule has 0 aliphatic heterocycles. The molecule has 2 N–H and O–H groups in total. The Labute approximate surface area is 100 Å². The molecule has 90 valence electrons. The third-order valence-electron chi connectivity index (χ3n) is 2.52. The molecule has 0 saturated carbocycles. The third kappa shape index (κ3) is 3.32. The van der Waals surface area contributed by atoms with Crippen LogP contribution in [0.1, 0.15) is 17.1 Å². The van der Waals surface area contributed by atoms with Gasteiger partial charge in [0.2, 0.25) is 0 Å². The van der Waals surface area contributed by atoms with Gasteiger partial charge in [-0.2, -0.15) is 0 Å². The fourth-order valence-corrected chi connectivity index (χ4v) is 1.59. The molecule has 1 heterocycles. The molecule has 0 bridgehead atoms. The zero-order chi connectivity index (χ0) is 12.1. The highest BCUT2D eigenvalue weighted by Crippen LogP contribution is 2.13. The number of nitrogens with one attached hydrogen (secondary N) is 1. The SMILES string of the molecule is CNCCc1coc(Cc2ccc(O)cc2)n1. The van der Waals surface area contributed by atoms with Gasteiger partial charge in [0.05, 0.1) is 5.69 Å². The second-order valence-corrected chi connectivity index (χ2v) is 3.93. The summed E-state index contributed by atoms with van der Waals surface area (Å²) in [5.41, 5.74) is 2.04. The maximum absolute atomic E-state index is 9.18. The first-order chi connectivity index (χ1) is 8.28. The molecule has 1 aromatic heterocycles. The lowest BCUT2D eigenvalue weighted by atomic mass is 10.1. The standard InChI is InChI=1S/C13H16N2O2/c1-14-7-6-11-9-17-13(15-11)8-10-2-4-12(16)5-3-10/h2-5,9,14,16H,6-8H2,1H3. The number of aromatic hydroxyl groups is 1. The number of benzene rings is 1. The van der Waals surface area contributed by atoms with Crippen LogP contribution < -0.4 is 5.32 Å². The lowest BCUT2D eigenvalue weighted by molar-refractivity contribution is 0.474. The van der Waals surface area contributed by atoms with Gasteiger partial charge in [-0.3, -0.25) is 0 Å². The Bertz CT molecular complexity index is 463. The quantitative estimate of drug-likeness (QED) is 0.824. The van der Waals surface area contributed by atoms with Gasteiger partial charge >= 0.3 is 0 Å². The summed E-state index contributed by atoms with van der Waals surface area (Å²) >= 11 is 0. The molecular formula is C13H16N2O2. The number of hydrogen-bond donors (Lipinski definition) is 2. The normalized spacial score (nSPS) is 10.6. The number of phenolic OH excluding ortho intramolecular Hbond substituents is 1. The number of rotatable bonds is 5. The number of likely N-dealkylation sites (N-methyl/N-ethyl adjacent to an activating group) is 1. The van der Waals surface area contributed by atoms with E-state index in [1.54, 1.807) is 18.4 Å². The molecule has 0 radical (unpaired) electrons. The summed E-state index contributed by atoms with van der Waals surface area (Å²) in [6, 6.07) is 7.07. The number of oxazole rings is 1. The molecule has 0 saturated heterocycles. The summed E-state index contributed by atoms with van der Waals surface area (Å²) in [6.07, 6.45) is 3.22. The summed E-state index contributed by atoms with van der Waals surface area (Å²) in [5, 5.41) is 12.2. The summed E-state index contributed by atoms with van der Waals surface area (Å²) in [5.74, 6) is 0.984. The molecule has 4 heteroatoms. The molecular weight excluding hydrogens is 216 g/mol. The van der Waals surface area contributed by atoms with Crippen LogP contribution in [0.3, 0.4) is 0 Å². The van der Waals surface area contributed by atoms with Gasteiger partial charge in [0.1, 0.15) is 12.0 Å². The summed E-state index contributed by atoms with van der Waals surface area (Å²) in [4.78, 5) is 4.40. The van der Waals surface area contributed by atoms with Crippen LogP contribution in [0.5, 0.6) is 5.75 Å². The minimum atomic E-state index is 0.274. The van der Waals surface area contributed by atoms with E-state index >= 15 is 0 Å². The van der Waals surface area contributed by atoms with Crippen LogP contribution in [0.15, 0.2) is 34.9 Å². The van der Waals surface area contributed by atoms with E-state index < -0.39 is 0 Å². The maximum atomic E-state index is 9.18. The van der Waals surface area contributed by atoms with Crippen molar-refractivity contribution in [3.63, 3.8) is 0 Å². The molecule has 2 rings (SSSR count). The Balaban J connectivity index is 1.98. The number of hydrogen-bond acceptors (Lipinski definition) is 4. The monoisotopic (exact) mass is 232 g/mol. The van der Waals surface area contributed by atoms with Gasteiger partial charge in [-0.05, 0) is 24.7 Å². The molecule has 0 amide bonds. The molecule has 0 fully saturated rings. The topological polar surface area (TPSA) is 58.3 Å². The van der Waals surface area contributed by atoms with E-state index in [1.165, 1.54) is 0 Å². The van der Waals surface area contributed by atoms with Crippen molar-refractivity contribution in [2.75, 3.05) is 13.6 Å². The van der Waals surface area contributed by atoms with Crippen molar-refractivity contribution in [3.8, 4) is 5.75 Å². The smallest absolute Gasteiger partial charge is 0.198 e. The van der Waals surface area contributed by atoms with Gasteiger partial charge in [0.15, 0.2) is 5.89 Å². The van der Waals surface area contributed by atoms with E-state index in [-0.39, 0.29) is 5.75 Å². The maximum Gasteiger partial charge on any atom is 0.198 e. The molecule has 1 aromatic carbocycles. The lowest BCUT2D eigenvalue weighted by Crippen LogP contribution is -2.10. The first-order valence-electron chi connectivity index (χ1n) is 5.63. The van der Waals surface area contributed by atoms with Crippen LogP contribution in [0.4, 0.5) is 0 Å². The fraction of sp³-hybridized carbons (Fsp3) is 0.308. The molecule has 0 aliphatic rings. The Hall–Kier alpha value is -1.81. The first kappa shape index (κ1) is 11.7. The van der Waals surface area contributed by atoms with Crippen LogP contribution >= 0.6 is 0 Å². The highest BCUT2D eigenvalue weighted by Gasteiger charge is 2.04. The second kappa shape index (κ2) is 5.50. The highest BCUT2D eigenvalue weighted by molar-refractivity contribution is 5.27. The van der Waals surface area contributed by atoms with Crippen molar-refractivity contribution in [2.24, 2.45) is 0 Å². The Kier molecular flexibility index (Phi) is 3.77. The zero-order valence-electron chi connectivity index (χ0n) is 9.81. The number of phenols is 1. The van der Waals surface area contributed by atoms with Crippen LogP contribution in [-0.2, 0) is 12.8 Å². The zero-order valence-corrected chi connectivity index (χ0v) is 9.81. The van der Waals surface area contributed by atoms with Crippen molar-refractivity contribution in [1.82, 2.24) is 10.3 Å². The van der Waals surface area contributed by atoms with E-state index in [0.29, 0.717) is 12.3 Å². The van der Waals surface area contributed by atoms with Crippen molar-refractivity contribution in [2.45, 2.75) is 12.8 Å². The second-order valence-electron chi connectivity index (χ2n) is 3.93. The summed E-state index contributed by atoms with van der Waals surface area (Å²) in [6.45, 7) is 0.894. The molecule has 0 unspecified atom stereocenters. The van der Waals surface area contributed by atoms with Crippen molar-refractivity contribution in [1.29, 1.82) is 0 Å². The van der Waals surface area contributed by atoms with Gasteiger partial charge in [0.25, 0.3) is 0 Å². The average molecular weight is 232 g/mol. The molecule has 4 nitrogen and oxygen atoms in total. The van der Waals surface area contributed by atoms with Gasteiger partial charge in [-0.25, -0.2) is 4.98 Å². The minimum Gasteiger partial charge on any atom is -0.508 e. The van der Waals surface area contributed by atoms with Gasteiger partial charge in [-0.15, -0.1) is 0 Å². The number of nitrogens with zero attached hydrogens (tertiary/aromatic N) is 1. The molecule has 2 aromatic rings. The van der Waals surface area contributed by atoms with Crippen LogP contribution in [0.25, 0.3) is 0 Å². The number of aromatic nitrogens is 1. The Morgan fingerprint density at radius 1 is 1.29 bits per heavy atom. The molecule has 0 spiro atoms. The Morgan fingerprint density at radius 2 is 2.06 bits per heavy atom. The molecule has 0 aliphatic carbocycles. The minimum absolute atomic E-state index is 0.274. The largest absolute Gasteiger partial charge is 0.508 e. The van der Waals surface area contributed by atoms with Gasteiger partial charge in [-0.1, -0.05) is 12.1 Å². The highest BCUT2D eigenvalue weighted by atomic mass is 16.3. The third-order valence-corrected chi connectivity index (χ3v) is 2.52. The van der Waals surface area contributed by atoms with Gasteiger partial charge in [0, 0.05) is 19.4 Å². The van der Waals surface area contributed by atoms with Crippen LogP contribution in [0.2, 0.25) is 0 Å². The van der Waals surface area contributed by atoms with E-state index in [9.17, 15) is 5.11 Å². The lowest BCUT2D eigenvalue weighted by Gasteiger charge is -1.97. The van der Waals surface area contributed by atoms with Crippen molar-refractivity contribution >= 4 is 0 Å². The van der Waals surface area contributed by atoms with E-state index in [4.69, 9.17) is 4.42 Å². The van der Waals surface area contributed by atoms with Crippen LogP contribution in [0, 0.1) is 0 Å². The summed E-state index contributed by atoms with van der Waals surface area (Å²) < 4.78 is 5.39. The first-order valence-corrected chi connectivity index (χ1v) is 5.63. The van der Waals surface area contributed by atoms with E-state index in [2.05, 4.69) is 10.3 Å². The predicted molar refractivity (Wildman–Crippen MR) is 65.0 cm³/mol. The van der Waals surface area contributed by atoms with Crippen molar-refractivity contribution < 1.29 is 9.52 Å². The predicted octanol–water partition coefficient (Wildman–Crippen LogP) is 1.73. The summed E-state index contributed by atoms with van der Waals surface area (Å²) in [7, 11) is 1.91. The van der Waals surface area contributed by atoms with E-state index in [1.807, 2.05) is 19.2 Å².